The van der Waals surface area contributed by atoms with Gasteiger partial charge in [0.05, 0.1) is 12.6 Å². The zero-order valence-corrected chi connectivity index (χ0v) is 15.4. The second kappa shape index (κ2) is 9.17. The maximum atomic E-state index is 5.87. The van der Waals surface area contributed by atoms with E-state index in [-0.39, 0.29) is 6.10 Å². The molecule has 0 amide bonds. The van der Waals surface area contributed by atoms with E-state index in [1.165, 1.54) is 0 Å². The van der Waals surface area contributed by atoms with Crippen LogP contribution < -0.4 is 20.5 Å². The number of hydrogen-bond donors (Lipinski definition) is 2. The zero-order valence-electron chi connectivity index (χ0n) is 13.8. The van der Waals surface area contributed by atoms with E-state index in [4.69, 9.17) is 15.2 Å². The molecule has 0 aliphatic rings. The molecule has 0 aliphatic carbocycles. The molecule has 0 unspecified atom stereocenters. The van der Waals surface area contributed by atoms with Crippen LogP contribution in [0, 0.1) is 0 Å². The molecular weight excluding hydrogens is 370 g/mol. The van der Waals surface area contributed by atoms with Gasteiger partial charge in [0.2, 0.25) is 0 Å². The maximum Gasteiger partial charge on any atom is 0.193 e. The van der Waals surface area contributed by atoms with E-state index < -0.39 is 0 Å². The molecule has 0 heterocycles. The van der Waals surface area contributed by atoms with Crippen molar-refractivity contribution in [2.45, 2.75) is 20.0 Å². The first kappa shape index (κ1) is 18.1. The molecule has 128 valence electrons. The molecule has 0 saturated heterocycles. The van der Waals surface area contributed by atoms with Crippen molar-refractivity contribution in [3.05, 3.63) is 53.0 Å². The first-order valence-corrected chi connectivity index (χ1v) is 8.54. The molecule has 2 rings (SSSR count). The molecule has 0 bridgehead atoms. The number of ether oxygens (including phenoxy) is 2. The van der Waals surface area contributed by atoms with Gasteiger partial charge in [-0.1, -0.05) is 15.9 Å². The highest BCUT2D eigenvalue weighted by atomic mass is 79.9. The second-order valence-corrected chi connectivity index (χ2v) is 6.30. The molecule has 0 atom stereocenters. The van der Waals surface area contributed by atoms with E-state index >= 15 is 0 Å². The number of aliphatic imine (C=N–C) groups is 1. The van der Waals surface area contributed by atoms with Gasteiger partial charge in [-0.2, -0.15) is 0 Å². The van der Waals surface area contributed by atoms with Crippen LogP contribution in [-0.4, -0.2) is 25.2 Å². The van der Waals surface area contributed by atoms with Gasteiger partial charge in [-0.25, -0.2) is 4.99 Å². The second-order valence-electron chi connectivity index (χ2n) is 5.39. The fourth-order valence-corrected chi connectivity index (χ4v) is 2.20. The normalized spacial score (nSPS) is 11.4. The Labute approximate surface area is 151 Å². The van der Waals surface area contributed by atoms with Crippen LogP contribution in [0.15, 0.2) is 58.0 Å². The monoisotopic (exact) mass is 391 g/mol. The lowest BCUT2D eigenvalue weighted by atomic mass is 10.3. The summed E-state index contributed by atoms with van der Waals surface area (Å²) in [5.74, 6) is 1.99. The van der Waals surface area contributed by atoms with Gasteiger partial charge < -0.3 is 20.5 Å². The number of nitrogens with two attached hydrogens (primary N) is 1. The highest BCUT2D eigenvalue weighted by Gasteiger charge is 1.99. The lowest BCUT2D eigenvalue weighted by molar-refractivity contribution is 0.242. The molecule has 0 radical (unpaired) electrons. The van der Waals surface area contributed by atoms with Crippen molar-refractivity contribution in [2.24, 2.45) is 10.7 Å². The molecule has 2 aromatic carbocycles. The number of rotatable bonds is 7. The Hall–Kier alpha value is -2.21. The number of guanidine groups is 1. The van der Waals surface area contributed by atoms with E-state index in [2.05, 4.69) is 26.2 Å². The van der Waals surface area contributed by atoms with E-state index in [0.717, 1.165) is 21.7 Å². The van der Waals surface area contributed by atoms with Crippen LogP contribution in [0.1, 0.15) is 13.8 Å². The van der Waals surface area contributed by atoms with Crippen molar-refractivity contribution in [3.63, 3.8) is 0 Å². The van der Waals surface area contributed by atoms with Gasteiger partial charge in [-0.15, -0.1) is 0 Å². The third-order valence-corrected chi connectivity index (χ3v) is 3.48. The minimum atomic E-state index is 0.154. The smallest absolute Gasteiger partial charge is 0.193 e. The third-order valence-electron chi connectivity index (χ3n) is 2.95. The highest BCUT2D eigenvalue weighted by molar-refractivity contribution is 9.10. The van der Waals surface area contributed by atoms with Crippen molar-refractivity contribution in [1.82, 2.24) is 0 Å². The SMILES string of the molecule is CC(C)Oc1ccc(NC(N)=NCCOc2ccc(Br)cc2)cc1. The largest absolute Gasteiger partial charge is 0.492 e. The van der Waals surface area contributed by atoms with Crippen molar-refractivity contribution >= 4 is 27.6 Å². The minimum absolute atomic E-state index is 0.154. The van der Waals surface area contributed by atoms with Gasteiger partial charge in [0, 0.05) is 10.2 Å². The van der Waals surface area contributed by atoms with Gasteiger partial charge >= 0.3 is 0 Å². The molecule has 0 aromatic heterocycles. The van der Waals surface area contributed by atoms with E-state index in [1.807, 2.05) is 62.4 Å². The highest BCUT2D eigenvalue weighted by Crippen LogP contribution is 2.17. The van der Waals surface area contributed by atoms with E-state index in [9.17, 15) is 0 Å². The third kappa shape index (κ3) is 6.50. The fraction of sp³-hybridized carbons (Fsp3) is 0.278. The van der Waals surface area contributed by atoms with Crippen LogP contribution in [0.5, 0.6) is 11.5 Å². The summed E-state index contributed by atoms with van der Waals surface area (Å²) in [4.78, 5) is 4.24. The van der Waals surface area contributed by atoms with Crippen molar-refractivity contribution in [2.75, 3.05) is 18.5 Å². The average Bonchev–Trinajstić information content (AvgIpc) is 2.55. The van der Waals surface area contributed by atoms with Crippen molar-refractivity contribution in [3.8, 4) is 11.5 Å². The molecule has 0 spiro atoms. The Morgan fingerprint density at radius 1 is 1.08 bits per heavy atom. The summed E-state index contributed by atoms with van der Waals surface area (Å²) in [5.41, 5.74) is 6.73. The number of halogens is 1. The Morgan fingerprint density at radius 2 is 1.71 bits per heavy atom. The molecule has 0 saturated carbocycles. The fourth-order valence-electron chi connectivity index (χ4n) is 1.94. The summed E-state index contributed by atoms with van der Waals surface area (Å²) < 4.78 is 12.2. The Balaban J connectivity index is 1.75. The first-order chi connectivity index (χ1) is 11.5. The molecule has 6 heteroatoms. The maximum absolute atomic E-state index is 5.87. The first-order valence-electron chi connectivity index (χ1n) is 7.75. The van der Waals surface area contributed by atoms with Gasteiger partial charge in [0.1, 0.15) is 18.1 Å². The summed E-state index contributed by atoms with van der Waals surface area (Å²) in [6, 6.07) is 15.3. The van der Waals surface area contributed by atoms with Crippen LogP contribution in [0.2, 0.25) is 0 Å². The van der Waals surface area contributed by atoms with Crippen molar-refractivity contribution < 1.29 is 9.47 Å². The molecule has 3 N–H and O–H groups in total. The number of anilines is 1. The lowest BCUT2D eigenvalue weighted by Gasteiger charge is -2.11. The van der Waals surface area contributed by atoms with Gasteiger partial charge in [-0.3, -0.25) is 0 Å². The predicted molar refractivity (Wildman–Crippen MR) is 102 cm³/mol. The summed E-state index contributed by atoms with van der Waals surface area (Å²) in [7, 11) is 0. The van der Waals surface area contributed by atoms with E-state index in [1.54, 1.807) is 0 Å². The number of hydrogen-bond acceptors (Lipinski definition) is 3. The van der Waals surface area contributed by atoms with Gasteiger partial charge in [0.25, 0.3) is 0 Å². The number of nitrogens with one attached hydrogen (secondary N) is 1. The molecule has 0 aliphatic heterocycles. The standard InChI is InChI=1S/C18H22BrN3O2/c1-13(2)24-17-9-5-15(6-10-17)22-18(20)21-11-12-23-16-7-3-14(19)4-8-16/h3-10,13H,11-12H2,1-2H3,(H3,20,21,22). The predicted octanol–water partition coefficient (Wildman–Crippen LogP) is 4.04. The molecule has 24 heavy (non-hydrogen) atoms. The van der Waals surface area contributed by atoms with Crippen LogP contribution in [0.3, 0.4) is 0 Å². The summed E-state index contributed by atoms with van der Waals surface area (Å²) >= 11 is 3.38. The summed E-state index contributed by atoms with van der Waals surface area (Å²) in [5, 5.41) is 3.04. The molecule has 5 nitrogen and oxygen atoms in total. The molecule has 2 aromatic rings. The van der Waals surface area contributed by atoms with Gasteiger partial charge in [0.15, 0.2) is 5.96 Å². The summed E-state index contributed by atoms with van der Waals surface area (Å²) in [6.07, 6.45) is 0.154. The molecular formula is C18H22BrN3O2. The minimum Gasteiger partial charge on any atom is -0.492 e. The van der Waals surface area contributed by atoms with E-state index in [0.29, 0.717) is 19.1 Å². The van der Waals surface area contributed by atoms with Gasteiger partial charge in [-0.05, 0) is 62.4 Å². The Bertz CT molecular complexity index is 655. The lowest BCUT2D eigenvalue weighted by Crippen LogP contribution is -2.23. The quantitative estimate of drug-likeness (QED) is 0.424. The number of nitrogens with zero attached hydrogens (tertiary/aromatic N) is 1. The van der Waals surface area contributed by atoms with Crippen LogP contribution >= 0.6 is 15.9 Å². The topological polar surface area (TPSA) is 68.9 Å². The Morgan fingerprint density at radius 3 is 2.33 bits per heavy atom. The van der Waals surface area contributed by atoms with Crippen LogP contribution in [-0.2, 0) is 0 Å². The average molecular weight is 392 g/mol. The summed E-state index contributed by atoms with van der Waals surface area (Å²) in [6.45, 7) is 4.93. The van der Waals surface area contributed by atoms with Crippen LogP contribution in [0.25, 0.3) is 0 Å². The zero-order chi connectivity index (χ0) is 17.4. The molecule has 0 fully saturated rings. The number of benzene rings is 2. The van der Waals surface area contributed by atoms with Crippen molar-refractivity contribution in [1.29, 1.82) is 0 Å². The Kier molecular flexibility index (Phi) is 6.93. The van der Waals surface area contributed by atoms with Crippen LogP contribution in [0.4, 0.5) is 5.69 Å².